The van der Waals surface area contributed by atoms with Crippen LogP contribution in [0.5, 0.6) is 0 Å². The Hall–Kier alpha value is -2.73. The van der Waals surface area contributed by atoms with Crippen molar-refractivity contribution in [3.8, 4) is 17.3 Å². The minimum Gasteiger partial charge on any atom is -0.465 e. The smallest absolute Gasteiger partial charge is 0.404 e. The van der Waals surface area contributed by atoms with Crippen LogP contribution in [0, 0.1) is 22.6 Å². The average molecular weight is 476 g/mol. The van der Waals surface area contributed by atoms with Crippen LogP contribution in [0.3, 0.4) is 0 Å². The summed E-state index contributed by atoms with van der Waals surface area (Å²) in [4.78, 5) is 22.4. The Labute approximate surface area is 183 Å². The third kappa shape index (κ3) is 4.70. The number of aromatic nitrogens is 2. The molecule has 1 aliphatic rings. The van der Waals surface area contributed by atoms with Crippen molar-refractivity contribution in [3.63, 3.8) is 0 Å². The van der Waals surface area contributed by atoms with Gasteiger partial charge >= 0.3 is 6.09 Å². The van der Waals surface area contributed by atoms with E-state index < -0.39 is 11.9 Å². The number of nitrogens with zero attached hydrogens (tertiary/aromatic N) is 4. The number of carbonyl (C=O) groups is 1. The molecule has 2 unspecified atom stereocenters. The molecular formula is C21H23BrFN5O2. The van der Waals surface area contributed by atoms with Crippen LogP contribution < -0.4 is 10.2 Å². The lowest BCUT2D eigenvalue weighted by molar-refractivity contribution is 0.177. The first-order chi connectivity index (χ1) is 14.1. The van der Waals surface area contributed by atoms with Gasteiger partial charge in [0.15, 0.2) is 0 Å². The summed E-state index contributed by atoms with van der Waals surface area (Å²) in [6, 6.07) is 6.06. The van der Waals surface area contributed by atoms with E-state index in [1.54, 1.807) is 12.3 Å². The molecule has 1 saturated heterocycles. The van der Waals surface area contributed by atoms with E-state index >= 15 is 0 Å². The molecule has 9 heteroatoms. The summed E-state index contributed by atoms with van der Waals surface area (Å²) in [5.74, 6) is 0.0360. The van der Waals surface area contributed by atoms with Gasteiger partial charge in [0, 0.05) is 24.2 Å². The topological polar surface area (TPSA) is 102 Å². The van der Waals surface area contributed by atoms with Crippen LogP contribution in [-0.4, -0.2) is 39.8 Å². The Bertz CT molecular complexity index is 1000. The van der Waals surface area contributed by atoms with Crippen molar-refractivity contribution in [1.29, 1.82) is 5.26 Å². The molecule has 0 spiro atoms. The van der Waals surface area contributed by atoms with Crippen LogP contribution in [0.4, 0.5) is 15.0 Å². The highest BCUT2D eigenvalue weighted by atomic mass is 79.9. The number of piperidine rings is 1. The van der Waals surface area contributed by atoms with E-state index in [0.717, 1.165) is 0 Å². The van der Waals surface area contributed by atoms with Gasteiger partial charge in [-0.3, -0.25) is 0 Å². The molecule has 1 aliphatic heterocycles. The second-order valence-electron chi connectivity index (χ2n) is 8.42. The monoisotopic (exact) mass is 475 g/mol. The number of nitriles is 1. The molecule has 2 heterocycles. The van der Waals surface area contributed by atoms with E-state index in [-0.39, 0.29) is 23.1 Å². The van der Waals surface area contributed by atoms with E-state index in [1.807, 2.05) is 6.07 Å². The Kier molecular flexibility index (Phi) is 6.27. The Morgan fingerprint density at radius 1 is 1.43 bits per heavy atom. The summed E-state index contributed by atoms with van der Waals surface area (Å²) in [6.07, 6.45) is 1.94. The number of halogens is 2. The summed E-state index contributed by atoms with van der Waals surface area (Å²) in [5.41, 5.74) is 0.838. The van der Waals surface area contributed by atoms with Gasteiger partial charge in [0.25, 0.3) is 0 Å². The van der Waals surface area contributed by atoms with E-state index in [2.05, 4.69) is 51.9 Å². The lowest BCUT2D eigenvalue weighted by Gasteiger charge is -2.46. The quantitative estimate of drug-likeness (QED) is 0.673. The molecule has 2 atom stereocenters. The zero-order chi connectivity index (χ0) is 22.1. The molecular weight excluding hydrogens is 453 g/mol. The number of benzene rings is 1. The average Bonchev–Trinajstić information content (AvgIpc) is 2.67. The number of rotatable bonds is 3. The zero-order valence-corrected chi connectivity index (χ0v) is 18.6. The number of nitrogens with one attached hydrogen (secondary N) is 1. The second-order valence-corrected chi connectivity index (χ2v) is 9.17. The highest BCUT2D eigenvalue weighted by Gasteiger charge is 2.37. The molecule has 2 aromatic rings. The van der Waals surface area contributed by atoms with Gasteiger partial charge in [-0.1, -0.05) is 26.8 Å². The van der Waals surface area contributed by atoms with Crippen LogP contribution in [0.15, 0.2) is 29.0 Å². The van der Waals surface area contributed by atoms with Crippen molar-refractivity contribution in [1.82, 2.24) is 15.3 Å². The Balaban J connectivity index is 1.97. The first-order valence-electron chi connectivity index (χ1n) is 9.59. The molecule has 0 radical (unpaired) electrons. The molecule has 1 aromatic carbocycles. The van der Waals surface area contributed by atoms with E-state index in [1.165, 1.54) is 12.1 Å². The van der Waals surface area contributed by atoms with Gasteiger partial charge in [0.2, 0.25) is 0 Å². The third-order valence-corrected chi connectivity index (χ3v) is 5.88. The van der Waals surface area contributed by atoms with Crippen LogP contribution >= 0.6 is 15.9 Å². The molecule has 0 saturated carbocycles. The van der Waals surface area contributed by atoms with Crippen molar-refractivity contribution in [2.75, 3.05) is 11.4 Å². The largest absolute Gasteiger partial charge is 0.465 e. The molecule has 158 valence electrons. The molecule has 0 bridgehead atoms. The summed E-state index contributed by atoms with van der Waals surface area (Å²) in [5, 5.41) is 20.6. The SMILES string of the molecule is CC(C)(C)C1CC(NC(=O)O)CCN1c1cnc(Br)c(-c2ccc(C#N)c(F)c2)n1. The Morgan fingerprint density at radius 2 is 2.17 bits per heavy atom. The van der Waals surface area contributed by atoms with Gasteiger partial charge in [0.05, 0.1) is 11.8 Å². The van der Waals surface area contributed by atoms with Gasteiger partial charge in [-0.05, 0) is 46.3 Å². The normalized spacial score (nSPS) is 19.3. The van der Waals surface area contributed by atoms with Crippen LogP contribution in [0.1, 0.15) is 39.2 Å². The van der Waals surface area contributed by atoms with Gasteiger partial charge in [-0.15, -0.1) is 0 Å². The van der Waals surface area contributed by atoms with Crippen LogP contribution in [-0.2, 0) is 0 Å². The van der Waals surface area contributed by atoms with Gasteiger partial charge in [-0.25, -0.2) is 19.2 Å². The molecule has 0 aliphatic carbocycles. The minimum absolute atomic E-state index is 0.0280. The number of amides is 1. The van der Waals surface area contributed by atoms with Crippen molar-refractivity contribution in [3.05, 3.63) is 40.4 Å². The highest BCUT2D eigenvalue weighted by molar-refractivity contribution is 9.10. The minimum atomic E-state index is -1.02. The number of hydrogen-bond acceptors (Lipinski definition) is 5. The maximum atomic E-state index is 14.1. The summed E-state index contributed by atoms with van der Waals surface area (Å²) in [6.45, 7) is 6.94. The molecule has 7 nitrogen and oxygen atoms in total. The molecule has 1 aromatic heterocycles. The Morgan fingerprint density at radius 3 is 2.77 bits per heavy atom. The lowest BCUT2D eigenvalue weighted by atomic mass is 9.79. The predicted molar refractivity (Wildman–Crippen MR) is 115 cm³/mol. The van der Waals surface area contributed by atoms with Gasteiger partial charge in [0.1, 0.15) is 28.0 Å². The summed E-state index contributed by atoms with van der Waals surface area (Å²) >= 11 is 3.39. The second kappa shape index (κ2) is 8.56. The van der Waals surface area contributed by atoms with E-state index in [9.17, 15) is 9.18 Å². The molecule has 1 fully saturated rings. The fourth-order valence-corrected chi connectivity index (χ4v) is 4.23. The molecule has 2 N–H and O–H groups in total. The first kappa shape index (κ1) is 22.0. The van der Waals surface area contributed by atoms with Crippen LogP contribution in [0.25, 0.3) is 11.3 Å². The summed E-state index contributed by atoms with van der Waals surface area (Å²) < 4.78 is 14.6. The zero-order valence-electron chi connectivity index (χ0n) is 17.0. The fraction of sp³-hybridized carbons (Fsp3) is 0.429. The maximum Gasteiger partial charge on any atom is 0.404 e. The summed E-state index contributed by atoms with van der Waals surface area (Å²) in [7, 11) is 0. The van der Waals surface area contributed by atoms with Crippen molar-refractivity contribution >= 4 is 27.8 Å². The molecule has 30 heavy (non-hydrogen) atoms. The number of hydrogen-bond donors (Lipinski definition) is 2. The van der Waals surface area contributed by atoms with Gasteiger partial charge < -0.3 is 15.3 Å². The third-order valence-electron chi connectivity index (χ3n) is 5.30. The number of anilines is 1. The highest BCUT2D eigenvalue weighted by Crippen LogP contribution is 2.36. The fourth-order valence-electron chi connectivity index (χ4n) is 3.81. The first-order valence-corrected chi connectivity index (χ1v) is 10.4. The van der Waals surface area contributed by atoms with E-state index in [0.29, 0.717) is 41.1 Å². The molecule has 1 amide bonds. The van der Waals surface area contributed by atoms with Crippen LogP contribution in [0.2, 0.25) is 0 Å². The van der Waals surface area contributed by atoms with Gasteiger partial charge in [-0.2, -0.15) is 5.26 Å². The van der Waals surface area contributed by atoms with Crippen molar-refractivity contribution in [2.24, 2.45) is 5.41 Å². The predicted octanol–water partition coefficient (Wildman–Crippen LogP) is 4.57. The lowest BCUT2D eigenvalue weighted by Crippen LogP contribution is -2.54. The standard InChI is InChI=1S/C21H23BrFN5O2/c1-21(2,3)16-9-14(26-20(29)30)6-7-28(16)17-11-25-19(22)18(27-17)12-4-5-13(10-24)15(23)8-12/h4-5,8,11,14,16,26H,6-7,9H2,1-3H3,(H,29,30). The molecule has 3 rings (SSSR count). The maximum absolute atomic E-state index is 14.1. The van der Waals surface area contributed by atoms with Crippen molar-refractivity contribution < 1.29 is 14.3 Å². The van der Waals surface area contributed by atoms with E-state index in [4.69, 9.17) is 15.4 Å². The number of carboxylic acid groups (broad SMARTS) is 1. The van der Waals surface area contributed by atoms with Crippen molar-refractivity contribution in [2.45, 2.75) is 45.7 Å².